The zero-order valence-corrected chi connectivity index (χ0v) is 13.0. The molecule has 1 aromatic heterocycles. The third-order valence-corrected chi connectivity index (χ3v) is 4.57. The number of rotatable bonds is 2. The Morgan fingerprint density at radius 1 is 1.36 bits per heavy atom. The minimum Gasteiger partial charge on any atom is -0.463 e. The smallest absolute Gasteiger partial charge is 0.373 e. The summed E-state index contributed by atoms with van der Waals surface area (Å²) in [5.41, 5.74) is 0. The molecule has 0 aliphatic carbocycles. The van der Waals surface area contributed by atoms with Gasteiger partial charge in [-0.3, -0.25) is 4.79 Å². The van der Waals surface area contributed by atoms with E-state index in [9.17, 15) is 9.59 Å². The van der Waals surface area contributed by atoms with Crippen molar-refractivity contribution in [2.24, 2.45) is 4.99 Å². The number of carbonyl (C=O) groups excluding carboxylic acids is 2. The fraction of sp³-hybridized carbons (Fsp3) is 0.400. The highest BCUT2D eigenvalue weighted by Crippen LogP contribution is 2.31. The van der Waals surface area contributed by atoms with Gasteiger partial charge in [-0.15, -0.1) is 0 Å². The molecule has 1 saturated heterocycles. The predicted molar refractivity (Wildman–Crippen MR) is 83.5 cm³/mol. The summed E-state index contributed by atoms with van der Waals surface area (Å²) in [5.74, 6) is -0.254. The van der Waals surface area contributed by atoms with Crippen LogP contribution in [0.5, 0.6) is 0 Å². The molecule has 0 atom stereocenters. The molecule has 2 aliphatic rings. The molecular formula is C15H16N2O4S. The van der Waals surface area contributed by atoms with Gasteiger partial charge in [-0.05, 0) is 43.2 Å². The Balaban J connectivity index is 1.72. The second-order valence-corrected chi connectivity index (χ2v) is 6.06. The van der Waals surface area contributed by atoms with E-state index < -0.39 is 5.97 Å². The lowest BCUT2D eigenvalue weighted by atomic mass is 10.1. The lowest BCUT2D eigenvalue weighted by Gasteiger charge is -2.27. The molecule has 0 bridgehead atoms. The molecule has 0 saturated carbocycles. The number of hydrogen-bond acceptors (Lipinski definition) is 6. The van der Waals surface area contributed by atoms with Crippen LogP contribution in [-0.2, 0) is 9.53 Å². The van der Waals surface area contributed by atoms with Crippen molar-refractivity contribution in [1.29, 1.82) is 0 Å². The lowest BCUT2D eigenvalue weighted by Crippen LogP contribution is -2.33. The lowest BCUT2D eigenvalue weighted by molar-refractivity contribution is -0.113. The highest BCUT2D eigenvalue weighted by atomic mass is 32.2. The van der Waals surface area contributed by atoms with E-state index in [1.165, 1.54) is 31.4 Å². The van der Waals surface area contributed by atoms with Crippen molar-refractivity contribution in [1.82, 2.24) is 4.90 Å². The first-order valence-corrected chi connectivity index (χ1v) is 7.94. The van der Waals surface area contributed by atoms with Crippen molar-refractivity contribution in [3.8, 4) is 0 Å². The van der Waals surface area contributed by atoms with Crippen molar-refractivity contribution in [3.63, 3.8) is 0 Å². The van der Waals surface area contributed by atoms with Gasteiger partial charge in [0.1, 0.15) is 5.76 Å². The number of piperidine rings is 1. The van der Waals surface area contributed by atoms with Crippen LogP contribution < -0.4 is 0 Å². The van der Waals surface area contributed by atoms with Gasteiger partial charge < -0.3 is 14.1 Å². The minimum atomic E-state index is -0.541. The van der Waals surface area contributed by atoms with Gasteiger partial charge in [-0.1, -0.05) is 0 Å². The van der Waals surface area contributed by atoms with E-state index in [4.69, 9.17) is 4.42 Å². The summed E-state index contributed by atoms with van der Waals surface area (Å²) < 4.78 is 9.93. The average Bonchev–Trinajstić information content (AvgIpc) is 3.15. The topological polar surface area (TPSA) is 72.1 Å². The van der Waals surface area contributed by atoms with E-state index in [0.29, 0.717) is 10.7 Å². The molecular weight excluding hydrogens is 304 g/mol. The molecule has 116 valence electrons. The third-order valence-electron chi connectivity index (χ3n) is 3.52. The molecule has 0 aromatic carbocycles. The highest BCUT2D eigenvalue weighted by Gasteiger charge is 2.27. The van der Waals surface area contributed by atoms with Crippen LogP contribution in [0.4, 0.5) is 0 Å². The van der Waals surface area contributed by atoms with Crippen molar-refractivity contribution in [3.05, 3.63) is 28.6 Å². The average molecular weight is 320 g/mol. The Labute approximate surface area is 132 Å². The Morgan fingerprint density at radius 2 is 2.14 bits per heavy atom. The molecule has 0 unspecified atom stereocenters. The van der Waals surface area contributed by atoms with Crippen LogP contribution in [0.25, 0.3) is 6.08 Å². The second kappa shape index (κ2) is 6.39. The maximum Gasteiger partial charge on any atom is 0.373 e. The van der Waals surface area contributed by atoms with E-state index in [0.717, 1.165) is 31.1 Å². The first-order chi connectivity index (χ1) is 10.7. The second-order valence-electron chi connectivity index (χ2n) is 5.05. The van der Waals surface area contributed by atoms with Crippen LogP contribution in [0, 0.1) is 0 Å². The number of amides is 1. The van der Waals surface area contributed by atoms with E-state index in [1.807, 2.05) is 0 Å². The van der Waals surface area contributed by atoms with Crippen LogP contribution in [0.1, 0.15) is 35.6 Å². The van der Waals surface area contributed by atoms with Gasteiger partial charge in [0.2, 0.25) is 5.76 Å². The molecule has 1 fully saturated rings. The molecule has 0 radical (unpaired) electrons. The Hall–Kier alpha value is -2.02. The number of ether oxygens (including phenoxy) is 1. The minimum absolute atomic E-state index is 0.113. The zero-order chi connectivity index (χ0) is 15.5. The molecule has 7 heteroatoms. The van der Waals surface area contributed by atoms with Crippen LogP contribution in [-0.4, -0.2) is 42.1 Å². The number of aliphatic imine (C=N–C) groups is 1. The molecule has 3 heterocycles. The molecule has 1 amide bonds. The van der Waals surface area contributed by atoms with E-state index in [1.54, 1.807) is 12.1 Å². The van der Waals surface area contributed by atoms with Crippen molar-refractivity contribution in [2.75, 3.05) is 20.2 Å². The summed E-state index contributed by atoms with van der Waals surface area (Å²) in [5, 5.41) is 0.760. The monoisotopic (exact) mass is 320 g/mol. The number of amidine groups is 1. The first kappa shape index (κ1) is 14.9. The number of esters is 1. The van der Waals surface area contributed by atoms with Crippen LogP contribution in [0.15, 0.2) is 26.4 Å². The Morgan fingerprint density at radius 3 is 2.86 bits per heavy atom. The largest absolute Gasteiger partial charge is 0.463 e. The number of furan rings is 1. The van der Waals surface area contributed by atoms with Gasteiger partial charge in [0.25, 0.3) is 5.91 Å². The number of nitrogens with zero attached hydrogens (tertiary/aromatic N) is 2. The van der Waals surface area contributed by atoms with Crippen molar-refractivity contribution in [2.45, 2.75) is 19.3 Å². The van der Waals surface area contributed by atoms with Gasteiger partial charge in [0.15, 0.2) is 5.17 Å². The number of thioether (sulfide) groups is 1. The van der Waals surface area contributed by atoms with Crippen LogP contribution >= 0.6 is 11.8 Å². The summed E-state index contributed by atoms with van der Waals surface area (Å²) >= 11 is 1.35. The maximum absolute atomic E-state index is 12.0. The third kappa shape index (κ3) is 3.09. The molecule has 3 rings (SSSR count). The van der Waals surface area contributed by atoms with E-state index in [2.05, 4.69) is 14.6 Å². The summed E-state index contributed by atoms with van der Waals surface area (Å²) in [6.45, 7) is 1.89. The Bertz CT molecular complexity index is 656. The maximum atomic E-state index is 12.0. The van der Waals surface area contributed by atoms with Gasteiger partial charge in [0, 0.05) is 19.2 Å². The molecule has 2 aliphatic heterocycles. The number of carbonyl (C=O) groups is 2. The van der Waals surface area contributed by atoms with Crippen molar-refractivity contribution < 1.29 is 18.7 Å². The standard InChI is InChI=1S/C15H16N2O4S/c1-20-14(19)11-6-5-10(21-11)9-12-13(18)16-15(22-12)17-7-3-2-4-8-17/h5-6,9H,2-4,7-8H2,1H3/b12-9-. The van der Waals surface area contributed by atoms with Crippen molar-refractivity contribution >= 4 is 34.9 Å². The van der Waals surface area contributed by atoms with Gasteiger partial charge in [-0.25, -0.2) is 4.79 Å². The van der Waals surface area contributed by atoms with E-state index >= 15 is 0 Å². The van der Waals surface area contributed by atoms with Gasteiger partial charge in [0.05, 0.1) is 12.0 Å². The van der Waals surface area contributed by atoms with Crippen LogP contribution in [0.3, 0.4) is 0 Å². The number of methoxy groups -OCH3 is 1. The fourth-order valence-corrected chi connectivity index (χ4v) is 3.33. The van der Waals surface area contributed by atoms with E-state index in [-0.39, 0.29) is 11.7 Å². The number of likely N-dealkylation sites (tertiary alicyclic amines) is 1. The summed E-state index contributed by atoms with van der Waals surface area (Å²) in [7, 11) is 1.29. The summed E-state index contributed by atoms with van der Waals surface area (Å²) in [4.78, 5) is 30.1. The predicted octanol–water partition coefficient (Wildman–Crippen LogP) is 2.52. The summed E-state index contributed by atoms with van der Waals surface area (Å²) in [6.07, 6.45) is 5.11. The quantitative estimate of drug-likeness (QED) is 0.616. The molecule has 22 heavy (non-hydrogen) atoms. The van der Waals surface area contributed by atoms with Gasteiger partial charge in [-0.2, -0.15) is 4.99 Å². The normalized spacial score (nSPS) is 20.4. The molecule has 1 aromatic rings. The van der Waals surface area contributed by atoms with Gasteiger partial charge >= 0.3 is 5.97 Å². The molecule has 0 N–H and O–H groups in total. The Kier molecular flexibility index (Phi) is 4.33. The molecule has 6 nitrogen and oxygen atoms in total. The number of hydrogen-bond donors (Lipinski definition) is 0. The molecule has 0 spiro atoms. The fourth-order valence-electron chi connectivity index (χ4n) is 2.39. The highest BCUT2D eigenvalue weighted by molar-refractivity contribution is 8.18. The van der Waals surface area contributed by atoms with Crippen LogP contribution in [0.2, 0.25) is 0 Å². The first-order valence-electron chi connectivity index (χ1n) is 7.13. The SMILES string of the molecule is COC(=O)c1ccc(/C=C2\SC(N3CCCCC3)=NC2=O)o1. The zero-order valence-electron chi connectivity index (χ0n) is 12.2. The summed E-state index contributed by atoms with van der Waals surface area (Å²) in [6, 6.07) is 3.15.